The number of nitrogens with one attached hydrogen (secondary N) is 1. The molecule has 0 radical (unpaired) electrons. The number of amides is 1. The van der Waals surface area contributed by atoms with E-state index in [1.807, 2.05) is 37.3 Å². The van der Waals surface area contributed by atoms with E-state index < -0.39 is 10.0 Å². The van der Waals surface area contributed by atoms with Crippen LogP contribution < -0.4 is 5.32 Å². The van der Waals surface area contributed by atoms with Crippen molar-refractivity contribution in [3.8, 4) is 0 Å². The van der Waals surface area contributed by atoms with Gasteiger partial charge in [-0.1, -0.05) is 30.3 Å². The first kappa shape index (κ1) is 18.6. The molecule has 0 saturated carbocycles. The van der Waals surface area contributed by atoms with Gasteiger partial charge in [-0.15, -0.1) is 0 Å². The van der Waals surface area contributed by atoms with Gasteiger partial charge in [0.05, 0.1) is 12.8 Å². The molecule has 0 saturated heterocycles. The maximum Gasteiger partial charge on any atom is 0.235 e. The molecule has 1 rings (SSSR count). The van der Waals surface area contributed by atoms with Crippen LogP contribution in [-0.2, 0) is 26.1 Å². The Hall–Kier alpha value is -1.44. The maximum atomic E-state index is 11.9. The zero-order chi connectivity index (χ0) is 16.4. The normalized spacial score (nSPS) is 11.6. The van der Waals surface area contributed by atoms with E-state index in [0.717, 1.165) is 11.8 Å². The van der Waals surface area contributed by atoms with E-state index in [1.54, 1.807) is 0 Å². The van der Waals surface area contributed by atoms with Gasteiger partial charge >= 0.3 is 0 Å². The van der Waals surface area contributed by atoms with Crippen LogP contribution in [0.4, 0.5) is 0 Å². The van der Waals surface area contributed by atoms with E-state index in [4.69, 9.17) is 4.74 Å². The Kier molecular flexibility index (Phi) is 8.08. The monoisotopic (exact) mass is 328 g/mol. The number of sulfonamides is 1. The highest BCUT2D eigenvalue weighted by Crippen LogP contribution is 2.07. The Morgan fingerprint density at radius 2 is 1.95 bits per heavy atom. The van der Waals surface area contributed by atoms with Crippen LogP contribution in [-0.4, -0.2) is 51.2 Å². The van der Waals surface area contributed by atoms with Crippen molar-refractivity contribution < 1.29 is 17.9 Å². The van der Waals surface area contributed by atoms with E-state index >= 15 is 0 Å². The number of nitrogens with zero attached hydrogens (tertiary/aromatic N) is 1. The number of carbonyl (C=O) groups is 1. The standard InChI is InChI=1S/C15H24N2O4S/c1-3-21-11-7-10-16-15(18)13-17(22(2,19)20)12-14-8-5-4-6-9-14/h4-6,8-9H,3,7,10-13H2,1-2H3,(H,16,18). The van der Waals surface area contributed by atoms with E-state index in [0.29, 0.717) is 26.2 Å². The second kappa shape index (κ2) is 9.55. The van der Waals surface area contributed by atoms with E-state index in [1.165, 1.54) is 4.31 Å². The minimum absolute atomic E-state index is 0.178. The van der Waals surface area contributed by atoms with Crippen molar-refractivity contribution in [2.24, 2.45) is 0 Å². The fraction of sp³-hybridized carbons (Fsp3) is 0.533. The third-order valence-electron chi connectivity index (χ3n) is 2.98. The van der Waals surface area contributed by atoms with Gasteiger partial charge < -0.3 is 10.1 Å². The molecule has 0 atom stereocenters. The van der Waals surface area contributed by atoms with Crippen LogP contribution in [0.25, 0.3) is 0 Å². The van der Waals surface area contributed by atoms with Crippen molar-refractivity contribution >= 4 is 15.9 Å². The van der Waals surface area contributed by atoms with E-state index in [9.17, 15) is 13.2 Å². The van der Waals surface area contributed by atoms with Crippen molar-refractivity contribution in [2.45, 2.75) is 19.9 Å². The fourth-order valence-corrected chi connectivity index (χ4v) is 2.58. The Morgan fingerprint density at radius 3 is 2.55 bits per heavy atom. The molecule has 0 spiro atoms. The minimum atomic E-state index is -3.45. The third-order valence-corrected chi connectivity index (χ3v) is 4.18. The molecule has 1 aromatic carbocycles. The highest BCUT2D eigenvalue weighted by molar-refractivity contribution is 7.88. The van der Waals surface area contributed by atoms with Crippen molar-refractivity contribution in [3.63, 3.8) is 0 Å². The van der Waals surface area contributed by atoms with Crippen molar-refractivity contribution in [3.05, 3.63) is 35.9 Å². The predicted octanol–water partition coefficient (Wildman–Crippen LogP) is 0.991. The molecule has 0 fully saturated rings. The van der Waals surface area contributed by atoms with Crippen LogP contribution in [0.3, 0.4) is 0 Å². The van der Waals surface area contributed by atoms with E-state index in [-0.39, 0.29) is 19.0 Å². The summed E-state index contributed by atoms with van der Waals surface area (Å²) in [6.07, 6.45) is 1.81. The first-order chi connectivity index (χ1) is 10.4. The zero-order valence-electron chi connectivity index (χ0n) is 13.1. The van der Waals surface area contributed by atoms with E-state index in [2.05, 4.69) is 5.32 Å². The van der Waals surface area contributed by atoms with Gasteiger partial charge in [0.15, 0.2) is 0 Å². The van der Waals surface area contributed by atoms with Gasteiger partial charge in [-0.2, -0.15) is 4.31 Å². The molecule has 0 aromatic heterocycles. The molecule has 1 N–H and O–H groups in total. The summed E-state index contributed by atoms with van der Waals surface area (Å²) in [6.45, 7) is 3.62. The second-order valence-corrected chi connectivity index (χ2v) is 6.90. The molecule has 1 aromatic rings. The van der Waals surface area contributed by atoms with Crippen LogP contribution in [0.1, 0.15) is 18.9 Å². The van der Waals surface area contributed by atoms with Crippen molar-refractivity contribution in [2.75, 3.05) is 32.6 Å². The summed E-state index contributed by atoms with van der Waals surface area (Å²) < 4.78 is 30.0. The highest BCUT2D eigenvalue weighted by atomic mass is 32.2. The fourth-order valence-electron chi connectivity index (χ4n) is 1.84. The number of hydrogen-bond acceptors (Lipinski definition) is 4. The smallest absolute Gasteiger partial charge is 0.235 e. The van der Waals surface area contributed by atoms with Crippen LogP contribution in [0.5, 0.6) is 0 Å². The lowest BCUT2D eigenvalue weighted by Gasteiger charge is -2.19. The lowest BCUT2D eigenvalue weighted by molar-refractivity contribution is -0.121. The average molecular weight is 328 g/mol. The van der Waals surface area contributed by atoms with Gasteiger partial charge in [0.2, 0.25) is 15.9 Å². The van der Waals surface area contributed by atoms with Crippen LogP contribution in [0.15, 0.2) is 30.3 Å². The summed E-state index contributed by atoms with van der Waals surface area (Å²) >= 11 is 0. The molecule has 1 amide bonds. The zero-order valence-corrected chi connectivity index (χ0v) is 13.9. The number of ether oxygens (including phenoxy) is 1. The SMILES string of the molecule is CCOCCCNC(=O)CN(Cc1ccccc1)S(C)(=O)=O. The van der Waals surface area contributed by atoms with Gasteiger partial charge in [0, 0.05) is 26.3 Å². The largest absolute Gasteiger partial charge is 0.382 e. The Morgan fingerprint density at radius 1 is 1.27 bits per heavy atom. The minimum Gasteiger partial charge on any atom is -0.382 e. The van der Waals surface area contributed by atoms with Gasteiger partial charge in [-0.3, -0.25) is 4.79 Å². The molecule has 0 unspecified atom stereocenters. The summed E-state index contributed by atoms with van der Waals surface area (Å²) in [7, 11) is -3.45. The molecular weight excluding hydrogens is 304 g/mol. The number of hydrogen-bond donors (Lipinski definition) is 1. The summed E-state index contributed by atoms with van der Waals surface area (Å²) in [5.41, 5.74) is 0.845. The Labute approximate surface area is 132 Å². The molecule has 0 aliphatic heterocycles. The van der Waals surface area contributed by atoms with Gasteiger partial charge in [0.25, 0.3) is 0 Å². The molecule has 0 heterocycles. The maximum absolute atomic E-state index is 11.9. The highest BCUT2D eigenvalue weighted by Gasteiger charge is 2.20. The lowest BCUT2D eigenvalue weighted by Crippen LogP contribution is -2.40. The number of benzene rings is 1. The molecule has 0 aliphatic rings. The topological polar surface area (TPSA) is 75.7 Å². The third kappa shape index (κ3) is 7.53. The summed E-state index contributed by atoms with van der Waals surface area (Å²) in [5, 5.41) is 2.70. The molecular formula is C15H24N2O4S. The average Bonchev–Trinajstić information content (AvgIpc) is 2.46. The number of carbonyl (C=O) groups excluding carboxylic acids is 1. The molecule has 0 bridgehead atoms. The molecule has 6 nitrogen and oxygen atoms in total. The Balaban J connectivity index is 2.50. The summed E-state index contributed by atoms with van der Waals surface area (Å²) in [5.74, 6) is -0.308. The van der Waals surface area contributed by atoms with Crippen molar-refractivity contribution in [1.29, 1.82) is 0 Å². The molecule has 22 heavy (non-hydrogen) atoms. The summed E-state index contributed by atoms with van der Waals surface area (Å²) in [6, 6.07) is 9.20. The summed E-state index contributed by atoms with van der Waals surface area (Å²) in [4.78, 5) is 11.9. The molecule has 124 valence electrons. The van der Waals surface area contributed by atoms with Gasteiger partial charge in [-0.25, -0.2) is 8.42 Å². The molecule has 0 aliphatic carbocycles. The van der Waals surface area contributed by atoms with Crippen LogP contribution in [0.2, 0.25) is 0 Å². The predicted molar refractivity (Wildman–Crippen MR) is 85.8 cm³/mol. The second-order valence-electron chi connectivity index (χ2n) is 4.92. The molecule has 7 heteroatoms. The van der Waals surface area contributed by atoms with Crippen molar-refractivity contribution in [1.82, 2.24) is 9.62 Å². The van der Waals surface area contributed by atoms with Gasteiger partial charge in [-0.05, 0) is 18.9 Å². The first-order valence-corrected chi connectivity index (χ1v) is 9.11. The Bertz CT molecular complexity index is 546. The van der Waals surface area contributed by atoms with Gasteiger partial charge in [0.1, 0.15) is 0 Å². The first-order valence-electron chi connectivity index (χ1n) is 7.27. The lowest BCUT2D eigenvalue weighted by atomic mass is 10.2. The van der Waals surface area contributed by atoms with Crippen LogP contribution in [0, 0.1) is 0 Å². The quantitative estimate of drug-likeness (QED) is 0.650. The number of rotatable bonds is 10. The van der Waals surface area contributed by atoms with Crippen LogP contribution >= 0.6 is 0 Å².